The summed E-state index contributed by atoms with van der Waals surface area (Å²) in [5.41, 5.74) is 1.19. The third-order valence-corrected chi connectivity index (χ3v) is 6.82. The highest BCUT2D eigenvalue weighted by Crippen LogP contribution is 2.36. The molecule has 1 N–H and O–H groups in total. The van der Waals surface area contributed by atoms with Gasteiger partial charge in [0.05, 0.1) is 36.3 Å². The van der Waals surface area contributed by atoms with Crippen molar-refractivity contribution in [2.75, 3.05) is 18.6 Å². The Kier molecular flexibility index (Phi) is 4.98. The average Bonchev–Trinajstić information content (AvgIpc) is 2.93. The maximum Gasteiger partial charge on any atom is 0.337 e. The number of nitrogens with zero attached hydrogens (tertiary/aromatic N) is 1. The molecule has 1 fully saturated rings. The van der Waals surface area contributed by atoms with E-state index in [1.165, 1.54) is 12.0 Å². The van der Waals surface area contributed by atoms with Gasteiger partial charge in [0.2, 0.25) is 0 Å². The van der Waals surface area contributed by atoms with Gasteiger partial charge in [-0.1, -0.05) is 29.8 Å². The second-order valence-electron chi connectivity index (χ2n) is 6.32. The first-order valence-corrected chi connectivity index (χ1v) is 10.3. The van der Waals surface area contributed by atoms with Crippen molar-refractivity contribution in [3.05, 3.63) is 46.1 Å². The zero-order valence-electron chi connectivity index (χ0n) is 14.4. The largest absolute Gasteiger partial charge is 0.466 e. The van der Waals surface area contributed by atoms with Gasteiger partial charge in [-0.05, 0) is 25.0 Å². The number of urea groups is 1. The topological polar surface area (TPSA) is 92.8 Å². The monoisotopic (exact) mass is 398 g/mol. The van der Waals surface area contributed by atoms with E-state index in [2.05, 4.69) is 5.32 Å². The molecule has 1 aromatic carbocycles. The summed E-state index contributed by atoms with van der Waals surface area (Å²) in [6, 6.07) is 5.17. The number of nitrogens with one attached hydrogen (secondary N) is 1. The number of hydrogen-bond acceptors (Lipinski definition) is 5. The Balaban J connectivity index is 2.09. The lowest BCUT2D eigenvalue weighted by molar-refractivity contribution is -0.136. The van der Waals surface area contributed by atoms with E-state index in [0.717, 1.165) is 0 Å². The average molecular weight is 399 g/mol. The van der Waals surface area contributed by atoms with E-state index < -0.39 is 33.9 Å². The van der Waals surface area contributed by atoms with Gasteiger partial charge in [0.15, 0.2) is 9.84 Å². The summed E-state index contributed by atoms with van der Waals surface area (Å²) in [7, 11) is -1.93. The molecule has 2 heterocycles. The molecule has 0 aromatic heterocycles. The molecule has 9 heteroatoms. The Morgan fingerprint density at radius 3 is 2.62 bits per heavy atom. The molecular formula is C17H19ClN2O5S. The smallest absolute Gasteiger partial charge is 0.337 e. The zero-order chi connectivity index (χ0) is 19.1. The molecule has 26 heavy (non-hydrogen) atoms. The number of esters is 1. The van der Waals surface area contributed by atoms with Crippen molar-refractivity contribution in [2.45, 2.75) is 25.4 Å². The Bertz CT molecular complexity index is 896. The molecule has 0 radical (unpaired) electrons. The summed E-state index contributed by atoms with van der Waals surface area (Å²) in [4.78, 5) is 26.5. The summed E-state index contributed by atoms with van der Waals surface area (Å²) >= 11 is 6.25. The summed E-state index contributed by atoms with van der Waals surface area (Å²) in [6.07, 6.45) is 0.332. The van der Waals surface area contributed by atoms with Crippen molar-refractivity contribution < 1.29 is 22.7 Å². The van der Waals surface area contributed by atoms with Crippen LogP contribution in [0.3, 0.4) is 0 Å². The van der Waals surface area contributed by atoms with E-state index in [1.54, 1.807) is 31.2 Å². The molecule has 0 saturated carbocycles. The fourth-order valence-corrected chi connectivity index (χ4v) is 5.44. The predicted molar refractivity (Wildman–Crippen MR) is 96.3 cm³/mol. The molecule has 2 aliphatic rings. The molecule has 7 nitrogen and oxygen atoms in total. The molecule has 0 unspecified atom stereocenters. The molecule has 140 valence electrons. The second-order valence-corrected chi connectivity index (χ2v) is 8.96. The summed E-state index contributed by atoms with van der Waals surface area (Å²) < 4.78 is 28.5. The van der Waals surface area contributed by atoms with Gasteiger partial charge in [-0.25, -0.2) is 18.0 Å². The number of methoxy groups -OCH3 is 1. The second kappa shape index (κ2) is 6.92. The summed E-state index contributed by atoms with van der Waals surface area (Å²) in [6.45, 7) is 1.62. The summed E-state index contributed by atoms with van der Waals surface area (Å²) in [5.74, 6) is -0.697. The molecule has 0 aliphatic carbocycles. The van der Waals surface area contributed by atoms with Crippen LogP contribution in [-0.2, 0) is 19.4 Å². The molecule has 1 aromatic rings. The van der Waals surface area contributed by atoms with Gasteiger partial charge in [-0.2, -0.15) is 0 Å². The number of halogens is 1. The number of carbonyl (C=O) groups excluding carboxylic acids is 2. The normalized spacial score (nSPS) is 25.2. The van der Waals surface area contributed by atoms with E-state index in [-0.39, 0.29) is 17.1 Å². The van der Waals surface area contributed by atoms with Crippen molar-refractivity contribution in [3.8, 4) is 0 Å². The van der Waals surface area contributed by atoms with Crippen LogP contribution in [0.4, 0.5) is 4.79 Å². The van der Waals surface area contributed by atoms with E-state index in [0.29, 0.717) is 22.7 Å². The van der Waals surface area contributed by atoms with Crippen LogP contribution in [0.1, 0.15) is 24.9 Å². The fraction of sp³-hybridized carbons (Fsp3) is 0.412. The maximum atomic E-state index is 12.7. The molecule has 0 spiro atoms. The molecule has 2 atom stereocenters. The van der Waals surface area contributed by atoms with E-state index in [4.69, 9.17) is 16.3 Å². The minimum atomic E-state index is -3.19. The van der Waals surface area contributed by atoms with Gasteiger partial charge < -0.3 is 10.1 Å². The molecule has 0 bridgehead atoms. The van der Waals surface area contributed by atoms with Gasteiger partial charge in [-0.15, -0.1) is 0 Å². The number of allylic oxidation sites excluding steroid dienone is 1. The van der Waals surface area contributed by atoms with Crippen molar-refractivity contribution in [3.63, 3.8) is 0 Å². The van der Waals surface area contributed by atoms with Crippen molar-refractivity contribution in [1.29, 1.82) is 0 Å². The Morgan fingerprint density at radius 1 is 1.35 bits per heavy atom. The number of sulfone groups is 1. The van der Waals surface area contributed by atoms with Crippen molar-refractivity contribution >= 4 is 33.4 Å². The van der Waals surface area contributed by atoms with Crippen LogP contribution in [0.5, 0.6) is 0 Å². The van der Waals surface area contributed by atoms with Gasteiger partial charge >= 0.3 is 12.0 Å². The van der Waals surface area contributed by atoms with Crippen LogP contribution in [0, 0.1) is 0 Å². The van der Waals surface area contributed by atoms with E-state index in [1.807, 2.05) is 0 Å². The van der Waals surface area contributed by atoms with Gasteiger partial charge in [-0.3, -0.25) is 4.90 Å². The third-order valence-electron chi connectivity index (χ3n) is 4.72. The zero-order valence-corrected chi connectivity index (χ0v) is 15.9. The van der Waals surface area contributed by atoms with Gasteiger partial charge in [0.1, 0.15) is 0 Å². The number of benzene rings is 1. The first-order valence-electron chi connectivity index (χ1n) is 8.09. The van der Waals surface area contributed by atoms with Crippen LogP contribution >= 0.6 is 11.6 Å². The van der Waals surface area contributed by atoms with Crippen molar-refractivity contribution in [2.24, 2.45) is 0 Å². The van der Waals surface area contributed by atoms with E-state index in [9.17, 15) is 18.0 Å². The highest BCUT2D eigenvalue weighted by Gasteiger charge is 2.42. The van der Waals surface area contributed by atoms with Gasteiger partial charge in [0.25, 0.3) is 0 Å². The maximum absolute atomic E-state index is 12.7. The first-order chi connectivity index (χ1) is 12.2. The van der Waals surface area contributed by atoms with E-state index >= 15 is 0 Å². The van der Waals surface area contributed by atoms with Crippen LogP contribution in [-0.4, -0.2) is 50.0 Å². The van der Waals surface area contributed by atoms with Gasteiger partial charge in [0, 0.05) is 10.7 Å². The quantitative estimate of drug-likeness (QED) is 0.786. The SMILES string of the molecule is COC(=O)C1=C(C)N([C@H]2CCS(=O)(=O)C2)C(=O)N[C@H]1c1ccccc1Cl. The molecule has 2 aliphatic heterocycles. The standard InChI is InChI=1S/C17H19ClN2O5S/c1-10-14(16(21)25-2)15(12-5-3-4-6-13(12)18)19-17(22)20(10)11-7-8-26(23,24)9-11/h3-6,11,15H,7-9H2,1-2H3,(H,19,22)/t11-,15-/m0/s1. The lowest BCUT2D eigenvalue weighted by Gasteiger charge is -2.38. The number of ether oxygens (including phenoxy) is 1. The molecule has 3 rings (SSSR count). The minimum Gasteiger partial charge on any atom is -0.466 e. The number of hydrogen-bond donors (Lipinski definition) is 1. The van der Waals surface area contributed by atoms with Crippen LogP contribution in [0.25, 0.3) is 0 Å². The lowest BCUT2D eigenvalue weighted by Crippen LogP contribution is -2.52. The Morgan fingerprint density at radius 2 is 2.04 bits per heavy atom. The Labute approximate surface area is 156 Å². The van der Waals surface area contributed by atoms with Crippen LogP contribution in [0.2, 0.25) is 5.02 Å². The highest BCUT2D eigenvalue weighted by atomic mass is 35.5. The number of rotatable bonds is 3. The Hall–Kier alpha value is -2.06. The molecular weight excluding hydrogens is 380 g/mol. The van der Waals surface area contributed by atoms with Crippen molar-refractivity contribution in [1.82, 2.24) is 10.2 Å². The summed E-state index contributed by atoms with van der Waals surface area (Å²) in [5, 5.41) is 3.18. The third kappa shape index (κ3) is 3.31. The predicted octanol–water partition coefficient (Wildman–Crippen LogP) is 2.04. The molecule has 1 saturated heterocycles. The minimum absolute atomic E-state index is 0.0240. The molecule has 2 amide bonds. The first kappa shape index (κ1) is 18.7. The van der Waals surface area contributed by atoms with Crippen LogP contribution in [0.15, 0.2) is 35.5 Å². The fourth-order valence-electron chi connectivity index (χ4n) is 3.49. The highest BCUT2D eigenvalue weighted by molar-refractivity contribution is 7.91. The number of carbonyl (C=O) groups is 2. The van der Waals surface area contributed by atoms with Crippen LogP contribution < -0.4 is 5.32 Å². The lowest BCUT2D eigenvalue weighted by atomic mass is 9.94. The number of amides is 2.